The van der Waals surface area contributed by atoms with Gasteiger partial charge in [0.15, 0.2) is 0 Å². The Bertz CT molecular complexity index is 1640. The van der Waals surface area contributed by atoms with Gasteiger partial charge < -0.3 is 9.84 Å². The molecule has 2 aromatic heterocycles. The first kappa shape index (κ1) is 26.4. The summed E-state index contributed by atoms with van der Waals surface area (Å²) in [7, 11) is 1.93. The summed E-state index contributed by atoms with van der Waals surface area (Å²) in [4.78, 5) is 2.56. The third-order valence-electron chi connectivity index (χ3n) is 8.16. The van der Waals surface area contributed by atoms with Crippen LogP contribution in [0, 0.1) is 0 Å². The van der Waals surface area contributed by atoms with Crippen molar-refractivity contribution in [3.8, 4) is 39.3 Å². The minimum Gasteiger partial charge on any atom is -0.507 e. The molecule has 4 heterocycles. The fraction of sp³-hybridized carbons (Fsp3) is 0.281. The van der Waals surface area contributed by atoms with Crippen molar-refractivity contribution in [3.63, 3.8) is 0 Å². The minimum absolute atomic E-state index is 0. The zero-order chi connectivity index (χ0) is 26.3. The standard InChI is InChI=1S/C32H31N5O2.ClH/c1-36-18-23-16-21(7-9-30(23)35-36)22-6-8-26(28(17-22)27-4-2-3-5-32(27)38)31-11-10-29(33-34-31)24-19-37(20-24)25-12-14-39-15-13-25;/h2-11,16-18,24-25,38H,12-15,19-20H2,1H3;1H. The topological polar surface area (TPSA) is 76.3 Å². The summed E-state index contributed by atoms with van der Waals surface area (Å²) in [5.74, 6) is 0.669. The second kappa shape index (κ2) is 11.0. The van der Waals surface area contributed by atoms with Gasteiger partial charge in [-0.3, -0.25) is 9.58 Å². The molecule has 0 amide bonds. The van der Waals surface area contributed by atoms with Gasteiger partial charge in [-0.25, -0.2) is 0 Å². The van der Waals surface area contributed by atoms with E-state index < -0.39 is 0 Å². The van der Waals surface area contributed by atoms with Crippen molar-refractivity contribution in [2.24, 2.45) is 7.05 Å². The number of aromatic hydroxyl groups is 1. The molecule has 0 spiro atoms. The van der Waals surface area contributed by atoms with E-state index in [0.29, 0.717) is 12.0 Å². The predicted octanol–water partition coefficient (Wildman–Crippen LogP) is 6.07. The number of benzene rings is 3. The maximum absolute atomic E-state index is 10.8. The molecule has 0 unspecified atom stereocenters. The van der Waals surface area contributed by atoms with Gasteiger partial charge in [-0.05, 0) is 65.9 Å². The molecular formula is C32H32ClN5O2. The Hall–Kier alpha value is -3.78. The lowest BCUT2D eigenvalue weighted by Gasteiger charge is -2.45. The average molecular weight is 554 g/mol. The van der Waals surface area contributed by atoms with Crippen molar-refractivity contribution in [1.82, 2.24) is 24.9 Å². The van der Waals surface area contributed by atoms with Crippen molar-refractivity contribution in [2.75, 3.05) is 26.3 Å². The molecule has 0 radical (unpaired) electrons. The number of rotatable bonds is 5. The lowest BCUT2D eigenvalue weighted by atomic mass is 9.90. The molecule has 2 saturated heterocycles. The molecule has 40 heavy (non-hydrogen) atoms. The van der Waals surface area contributed by atoms with E-state index in [1.807, 2.05) is 42.2 Å². The molecule has 0 saturated carbocycles. The molecule has 5 aromatic rings. The number of aromatic nitrogens is 4. The third-order valence-corrected chi connectivity index (χ3v) is 8.16. The summed E-state index contributed by atoms with van der Waals surface area (Å²) in [6.45, 7) is 3.82. The van der Waals surface area contributed by atoms with Gasteiger partial charge in [-0.2, -0.15) is 15.3 Å². The summed E-state index contributed by atoms with van der Waals surface area (Å²) in [5.41, 5.74) is 7.62. The molecule has 2 aliphatic heterocycles. The summed E-state index contributed by atoms with van der Waals surface area (Å²) in [5, 5.41) is 25.7. The summed E-state index contributed by atoms with van der Waals surface area (Å²) < 4.78 is 7.35. The number of aryl methyl sites for hydroxylation is 1. The fourth-order valence-electron chi connectivity index (χ4n) is 5.95. The highest BCUT2D eigenvalue weighted by atomic mass is 35.5. The molecule has 0 bridgehead atoms. The predicted molar refractivity (Wildman–Crippen MR) is 160 cm³/mol. The quantitative estimate of drug-likeness (QED) is 0.285. The van der Waals surface area contributed by atoms with E-state index >= 15 is 0 Å². The lowest BCUT2D eigenvalue weighted by Crippen LogP contribution is -2.52. The number of likely N-dealkylation sites (tertiary alicyclic amines) is 1. The van der Waals surface area contributed by atoms with E-state index in [0.717, 1.165) is 89.3 Å². The number of phenolic OH excluding ortho intramolecular Hbond substituents is 1. The first-order valence-electron chi connectivity index (χ1n) is 13.6. The van der Waals surface area contributed by atoms with Crippen LogP contribution in [-0.4, -0.2) is 62.3 Å². The van der Waals surface area contributed by atoms with Crippen LogP contribution in [0.3, 0.4) is 0 Å². The highest BCUT2D eigenvalue weighted by molar-refractivity contribution is 5.90. The summed E-state index contributed by atoms with van der Waals surface area (Å²) in [6, 6.07) is 24.9. The van der Waals surface area contributed by atoms with Gasteiger partial charge in [0.25, 0.3) is 0 Å². The maximum atomic E-state index is 10.8. The minimum atomic E-state index is 0. The molecule has 7 nitrogen and oxygen atoms in total. The van der Waals surface area contributed by atoms with E-state index in [9.17, 15) is 5.11 Å². The number of phenols is 1. The van der Waals surface area contributed by atoms with Crippen LogP contribution in [0.25, 0.3) is 44.4 Å². The number of halogens is 1. The molecule has 2 aliphatic rings. The second-order valence-corrected chi connectivity index (χ2v) is 10.7. The smallest absolute Gasteiger partial charge is 0.123 e. The number of fused-ring (bicyclic) bond motifs is 1. The van der Waals surface area contributed by atoms with E-state index in [1.165, 1.54) is 0 Å². The van der Waals surface area contributed by atoms with Gasteiger partial charge in [-0.1, -0.05) is 36.4 Å². The Morgan fingerprint density at radius 2 is 1.60 bits per heavy atom. The van der Waals surface area contributed by atoms with Crippen molar-refractivity contribution in [2.45, 2.75) is 24.8 Å². The monoisotopic (exact) mass is 553 g/mol. The highest BCUT2D eigenvalue weighted by Gasteiger charge is 2.34. The van der Waals surface area contributed by atoms with Gasteiger partial charge in [0.2, 0.25) is 0 Å². The number of ether oxygens (including phenoxy) is 1. The first-order chi connectivity index (χ1) is 19.1. The van der Waals surface area contributed by atoms with Gasteiger partial charge in [-0.15, -0.1) is 12.4 Å². The molecule has 3 aromatic carbocycles. The van der Waals surface area contributed by atoms with Gasteiger partial charge in [0.1, 0.15) is 5.75 Å². The lowest BCUT2D eigenvalue weighted by molar-refractivity contribution is 0.000892. The zero-order valence-corrected chi connectivity index (χ0v) is 23.2. The van der Waals surface area contributed by atoms with Crippen LogP contribution in [-0.2, 0) is 11.8 Å². The molecule has 1 N–H and O–H groups in total. The maximum Gasteiger partial charge on any atom is 0.123 e. The van der Waals surface area contributed by atoms with Crippen LogP contribution < -0.4 is 0 Å². The Morgan fingerprint density at radius 3 is 2.38 bits per heavy atom. The van der Waals surface area contributed by atoms with Crippen molar-refractivity contribution in [3.05, 3.63) is 84.7 Å². The summed E-state index contributed by atoms with van der Waals surface area (Å²) in [6.07, 6.45) is 4.27. The SMILES string of the molecule is Cl.Cn1cc2cc(-c3ccc(-c4ccc(C5CN(C6CCOCC6)C5)nn4)c(-c4ccccc4O)c3)ccc2n1. The van der Waals surface area contributed by atoms with Gasteiger partial charge >= 0.3 is 0 Å². The first-order valence-corrected chi connectivity index (χ1v) is 13.6. The van der Waals surface area contributed by atoms with Crippen molar-refractivity contribution in [1.29, 1.82) is 0 Å². The Kier molecular flexibility index (Phi) is 7.27. The zero-order valence-electron chi connectivity index (χ0n) is 22.4. The molecule has 204 valence electrons. The molecule has 7 rings (SSSR count). The Labute approximate surface area is 239 Å². The van der Waals surface area contributed by atoms with Crippen LogP contribution in [0.4, 0.5) is 0 Å². The van der Waals surface area contributed by atoms with E-state index in [-0.39, 0.29) is 18.2 Å². The average Bonchev–Trinajstić information content (AvgIpc) is 3.32. The number of nitrogens with zero attached hydrogens (tertiary/aromatic N) is 5. The Morgan fingerprint density at radius 1 is 0.825 bits per heavy atom. The number of para-hydroxylation sites is 1. The number of hydrogen-bond donors (Lipinski definition) is 1. The van der Waals surface area contributed by atoms with Crippen LogP contribution in [0.5, 0.6) is 5.75 Å². The molecule has 0 aliphatic carbocycles. The largest absolute Gasteiger partial charge is 0.507 e. The van der Waals surface area contributed by atoms with Crippen LogP contribution in [0.2, 0.25) is 0 Å². The van der Waals surface area contributed by atoms with Gasteiger partial charge in [0.05, 0.1) is 16.9 Å². The van der Waals surface area contributed by atoms with Crippen LogP contribution in [0.1, 0.15) is 24.5 Å². The molecular weight excluding hydrogens is 522 g/mol. The van der Waals surface area contributed by atoms with E-state index in [2.05, 4.69) is 62.7 Å². The third kappa shape index (κ3) is 4.96. The van der Waals surface area contributed by atoms with Crippen molar-refractivity contribution >= 4 is 23.3 Å². The van der Waals surface area contributed by atoms with Crippen LogP contribution >= 0.6 is 12.4 Å². The summed E-state index contributed by atoms with van der Waals surface area (Å²) >= 11 is 0. The van der Waals surface area contributed by atoms with Crippen LogP contribution in [0.15, 0.2) is 79.0 Å². The van der Waals surface area contributed by atoms with Crippen molar-refractivity contribution < 1.29 is 9.84 Å². The molecule has 8 heteroatoms. The fourth-order valence-corrected chi connectivity index (χ4v) is 5.95. The molecule has 2 fully saturated rings. The normalized spacial score (nSPS) is 16.5. The number of hydrogen-bond acceptors (Lipinski definition) is 6. The molecule has 0 atom stereocenters. The van der Waals surface area contributed by atoms with E-state index in [1.54, 1.807) is 6.07 Å². The van der Waals surface area contributed by atoms with Gasteiger partial charge in [0, 0.05) is 68.0 Å². The highest BCUT2D eigenvalue weighted by Crippen LogP contribution is 2.39. The Balaban J connectivity index is 0.00000289. The van der Waals surface area contributed by atoms with E-state index in [4.69, 9.17) is 4.74 Å². The second-order valence-electron chi connectivity index (χ2n) is 10.7.